The summed E-state index contributed by atoms with van der Waals surface area (Å²) in [5.74, 6) is -0.0593. The molecule has 0 unspecified atom stereocenters. The SMILES string of the molecule is Cc1cc(N)ncc1C1CCN(C(=O)c2c(N)cccc2F)CC1. The van der Waals surface area contributed by atoms with E-state index in [9.17, 15) is 9.18 Å². The van der Waals surface area contributed by atoms with Crippen molar-refractivity contribution in [3.63, 3.8) is 0 Å². The van der Waals surface area contributed by atoms with Gasteiger partial charge in [0.15, 0.2) is 0 Å². The van der Waals surface area contributed by atoms with Crippen LogP contribution in [0.2, 0.25) is 0 Å². The molecule has 0 radical (unpaired) electrons. The zero-order chi connectivity index (χ0) is 17.3. The summed E-state index contributed by atoms with van der Waals surface area (Å²) in [6.45, 7) is 3.16. The predicted molar refractivity (Wildman–Crippen MR) is 92.1 cm³/mol. The Balaban J connectivity index is 1.72. The van der Waals surface area contributed by atoms with Crippen molar-refractivity contribution in [2.75, 3.05) is 24.6 Å². The Kier molecular flexibility index (Phi) is 4.38. The third-order valence-electron chi connectivity index (χ3n) is 4.65. The second kappa shape index (κ2) is 6.47. The van der Waals surface area contributed by atoms with E-state index in [4.69, 9.17) is 11.5 Å². The van der Waals surface area contributed by atoms with Gasteiger partial charge >= 0.3 is 0 Å². The molecule has 1 amide bonds. The van der Waals surface area contributed by atoms with E-state index in [2.05, 4.69) is 4.98 Å². The summed E-state index contributed by atoms with van der Waals surface area (Å²) < 4.78 is 13.9. The number of hydrogen-bond donors (Lipinski definition) is 2. The van der Waals surface area contributed by atoms with Crippen LogP contribution in [0.25, 0.3) is 0 Å². The van der Waals surface area contributed by atoms with E-state index in [1.54, 1.807) is 11.0 Å². The smallest absolute Gasteiger partial charge is 0.258 e. The molecule has 4 N–H and O–H groups in total. The van der Waals surface area contributed by atoms with E-state index in [0.29, 0.717) is 24.8 Å². The van der Waals surface area contributed by atoms with Crippen LogP contribution in [-0.4, -0.2) is 28.9 Å². The molecule has 2 heterocycles. The summed E-state index contributed by atoms with van der Waals surface area (Å²) in [5.41, 5.74) is 13.9. The lowest BCUT2D eigenvalue weighted by atomic mass is 9.87. The summed E-state index contributed by atoms with van der Waals surface area (Å²) in [4.78, 5) is 18.4. The molecular weight excluding hydrogens is 307 g/mol. The molecule has 24 heavy (non-hydrogen) atoms. The molecule has 1 aliphatic heterocycles. The summed E-state index contributed by atoms with van der Waals surface area (Å²) in [6.07, 6.45) is 3.45. The molecule has 126 valence electrons. The van der Waals surface area contributed by atoms with Crippen LogP contribution in [0.3, 0.4) is 0 Å². The molecule has 0 saturated carbocycles. The Morgan fingerprint density at radius 2 is 2.00 bits per heavy atom. The first-order chi connectivity index (χ1) is 11.5. The van der Waals surface area contributed by atoms with Crippen molar-refractivity contribution in [2.45, 2.75) is 25.7 Å². The van der Waals surface area contributed by atoms with Crippen LogP contribution in [0.15, 0.2) is 30.5 Å². The van der Waals surface area contributed by atoms with Gasteiger partial charge in [-0.05, 0) is 55.0 Å². The Morgan fingerprint density at radius 3 is 2.62 bits per heavy atom. The Morgan fingerprint density at radius 1 is 1.29 bits per heavy atom. The van der Waals surface area contributed by atoms with Crippen molar-refractivity contribution in [3.8, 4) is 0 Å². The number of pyridine rings is 1. The number of amides is 1. The first-order valence-electron chi connectivity index (χ1n) is 8.02. The number of carbonyl (C=O) groups excluding carboxylic acids is 1. The minimum Gasteiger partial charge on any atom is -0.398 e. The van der Waals surface area contributed by atoms with E-state index in [1.165, 1.54) is 17.7 Å². The Bertz CT molecular complexity index is 749. The molecule has 0 atom stereocenters. The van der Waals surface area contributed by atoms with Gasteiger partial charge in [0.2, 0.25) is 0 Å². The van der Waals surface area contributed by atoms with Gasteiger partial charge < -0.3 is 16.4 Å². The molecule has 1 aliphatic rings. The second-order valence-corrected chi connectivity index (χ2v) is 6.24. The summed E-state index contributed by atoms with van der Waals surface area (Å²) in [6, 6.07) is 6.18. The summed E-state index contributed by atoms with van der Waals surface area (Å²) in [5, 5.41) is 0. The molecule has 6 heteroatoms. The minimum atomic E-state index is -0.569. The zero-order valence-corrected chi connectivity index (χ0v) is 13.6. The van der Waals surface area contributed by atoms with Crippen molar-refractivity contribution in [1.82, 2.24) is 9.88 Å². The quantitative estimate of drug-likeness (QED) is 0.830. The highest BCUT2D eigenvalue weighted by Crippen LogP contribution is 2.31. The van der Waals surface area contributed by atoms with Gasteiger partial charge in [0.05, 0.1) is 5.56 Å². The summed E-state index contributed by atoms with van der Waals surface area (Å²) in [7, 11) is 0. The first-order valence-corrected chi connectivity index (χ1v) is 8.02. The van der Waals surface area contributed by atoms with Gasteiger partial charge in [-0.3, -0.25) is 4.79 Å². The van der Waals surface area contributed by atoms with Crippen molar-refractivity contribution in [2.24, 2.45) is 0 Å². The number of halogens is 1. The van der Waals surface area contributed by atoms with Crippen LogP contribution in [0.1, 0.15) is 40.2 Å². The van der Waals surface area contributed by atoms with Crippen molar-refractivity contribution < 1.29 is 9.18 Å². The van der Waals surface area contributed by atoms with E-state index in [0.717, 1.165) is 18.4 Å². The van der Waals surface area contributed by atoms with Crippen LogP contribution in [0.4, 0.5) is 15.9 Å². The molecule has 0 bridgehead atoms. The lowest BCUT2D eigenvalue weighted by molar-refractivity contribution is 0.0709. The third kappa shape index (κ3) is 3.04. The number of nitrogens with zero attached hydrogens (tertiary/aromatic N) is 2. The molecule has 1 saturated heterocycles. The first kappa shape index (κ1) is 16.2. The normalized spacial score (nSPS) is 15.5. The van der Waals surface area contributed by atoms with Crippen LogP contribution < -0.4 is 11.5 Å². The monoisotopic (exact) mass is 328 g/mol. The largest absolute Gasteiger partial charge is 0.398 e. The lowest BCUT2D eigenvalue weighted by Gasteiger charge is -2.33. The fourth-order valence-corrected chi connectivity index (χ4v) is 3.33. The number of carbonyl (C=O) groups is 1. The van der Waals surface area contributed by atoms with E-state index >= 15 is 0 Å². The van der Waals surface area contributed by atoms with Crippen molar-refractivity contribution in [3.05, 3.63) is 53.0 Å². The minimum absolute atomic E-state index is 0.0266. The molecule has 2 aromatic rings. The standard InChI is InChI=1S/C18H21FN4O/c1-11-9-16(21)22-10-13(11)12-5-7-23(8-6-12)18(24)17-14(19)3-2-4-15(17)20/h2-4,9-10,12H,5-8,20H2,1H3,(H2,21,22). The maximum atomic E-state index is 13.9. The predicted octanol–water partition coefficient (Wildman–Crippen LogP) is 2.71. The molecule has 1 aromatic heterocycles. The second-order valence-electron chi connectivity index (χ2n) is 6.24. The van der Waals surface area contributed by atoms with Crippen molar-refractivity contribution in [1.29, 1.82) is 0 Å². The average molecular weight is 328 g/mol. The number of aromatic nitrogens is 1. The maximum Gasteiger partial charge on any atom is 0.258 e. The number of hydrogen-bond acceptors (Lipinski definition) is 4. The number of nitrogens with two attached hydrogens (primary N) is 2. The maximum absolute atomic E-state index is 13.9. The number of piperidine rings is 1. The molecular formula is C18H21FN4O. The highest BCUT2D eigenvalue weighted by Gasteiger charge is 2.28. The molecule has 1 aromatic carbocycles. The number of likely N-dealkylation sites (tertiary alicyclic amines) is 1. The van der Waals surface area contributed by atoms with Gasteiger partial charge in [-0.1, -0.05) is 6.07 Å². The van der Waals surface area contributed by atoms with Gasteiger partial charge in [0, 0.05) is 25.0 Å². The van der Waals surface area contributed by atoms with Gasteiger partial charge in [-0.25, -0.2) is 9.37 Å². The topological polar surface area (TPSA) is 85.2 Å². The highest BCUT2D eigenvalue weighted by molar-refractivity contribution is 5.99. The number of aryl methyl sites for hydroxylation is 1. The van der Waals surface area contributed by atoms with Gasteiger partial charge in [-0.15, -0.1) is 0 Å². The van der Waals surface area contributed by atoms with E-state index in [1.807, 2.05) is 19.2 Å². The third-order valence-corrected chi connectivity index (χ3v) is 4.65. The average Bonchev–Trinajstić information content (AvgIpc) is 2.55. The van der Waals surface area contributed by atoms with E-state index in [-0.39, 0.29) is 17.2 Å². The Labute approximate surface area is 140 Å². The zero-order valence-electron chi connectivity index (χ0n) is 13.6. The Hall–Kier alpha value is -2.63. The number of nitrogen functional groups attached to an aromatic ring is 2. The van der Waals surface area contributed by atoms with Crippen LogP contribution >= 0.6 is 0 Å². The molecule has 0 spiro atoms. The van der Waals surface area contributed by atoms with Crippen LogP contribution in [-0.2, 0) is 0 Å². The lowest BCUT2D eigenvalue weighted by Crippen LogP contribution is -2.38. The highest BCUT2D eigenvalue weighted by atomic mass is 19.1. The van der Waals surface area contributed by atoms with E-state index < -0.39 is 5.82 Å². The van der Waals surface area contributed by atoms with Gasteiger partial charge in [0.25, 0.3) is 5.91 Å². The molecule has 3 rings (SSSR count). The van der Waals surface area contributed by atoms with Gasteiger partial charge in [-0.2, -0.15) is 0 Å². The van der Waals surface area contributed by atoms with Crippen LogP contribution in [0, 0.1) is 12.7 Å². The molecule has 5 nitrogen and oxygen atoms in total. The fourth-order valence-electron chi connectivity index (χ4n) is 3.33. The van der Waals surface area contributed by atoms with Gasteiger partial charge in [0.1, 0.15) is 11.6 Å². The summed E-state index contributed by atoms with van der Waals surface area (Å²) >= 11 is 0. The van der Waals surface area contributed by atoms with Crippen molar-refractivity contribution >= 4 is 17.4 Å². The molecule has 0 aliphatic carbocycles. The van der Waals surface area contributed by atoms with Crippen LogP contribution in [0.5, 0.6) is 0 Å². The fraction of sp³-hybridized carbons (Fsp3) is 0.333. The molecule has 1 fully saturated rings. The number of anilines is 2. The number of rotatable bonds is 2. The number of benzene rings is 1.